The molecule has 1 aliphatic rings. The highest BCUT2D eigenvalue weighted by molar-refractivity contribution is 6.12. The van der Waals surface area contributed by atoms with Crippen LogP contribution in [0.15, 0.2) is 0 Å². The van der Waals surface area contributed by atoms with Crippen LogP contribution < -0.4 is 0 Å². The molecule has 1 fully saturated rings. The molecule has 0 aromatic rings. The van der Waals surface area contributed by atoms with Crippen molar-refractivity contribution in [3.05, 3.63) is 0 Å². The Bertz CT molecular complexity index is 165. The molecular weight excluding hydrogens is 132 g/mol. The molecule has 1 saturated carbocycles. The first kappa shape index (κ1) is 7.41. The summed E-state index contributed by atoms with van der Waals surface area (Å²) < 4.78 is 0. The fourth-order valence-electron chi connectivity index (χ4n) is 1.19. The summed E-state index contributed by atoms with van der Waals surface area (Å²) in [5.74, 6) is -1.57. The molecule has 0 heterocycles. The lowest BCUT2D eigenvalue weighted by atomic mass is 10.1. The summed E-state index contributed by atoms with van der Waals surface area (Å²) in [6, 6.07) is 0. The minimum atomic E-state index is -1.05. The molecule has 1 N–H and O–H groups in total. The fraction of sp³-hybridized carbons (Fsp3) is 0.714. The molecule has 0 spiro atoms. The normalized spacial score (nSPS) is 40.9. The topological polar surface area (TPSA) is 54.4 Å². The number of ketones is 2. The third-order valence-corrected chi connectivity index (χ3v) is 2.07. The Hall–Kier alpha value is -0.700. The van der Waals surface area contributed by atoms with E-state index in [0.29, 0.717) is 0 Å². The first-order valence-electron chi connectivity index (χ1n) is 3.31. The van der Waals surface area contributed by atoms with Crippen LogP contribution in [0.1, 0.15) is 13.8 Å². The number of carbonyl (C=O) groups excluding carboxylic acids is 2. The van der Waals surface area contributed by atoms with Crippen LogP contribution in [-0.2, 0) is 9.59 Å². The van der Waals surface area contributed by atoms with Crippen LogP contribution >= 0.6 is 0 Å². The lowest BCUT2D eigenvalue weighted by Gasteiger charge is -2.01. The Morgan fingerprint density at radius 1 is 1.20 bits per heavy atom. The van der Waals surface area contributed by atoms with Gasteiger partial charge in [-0.15, -0.1) is 0 Å². The van der Waals surface area contributed by atoms with Gasteiger partial charge in [-0.3, -0.25) is 9.59 Å². The summed E-state index contributed by atoms with van der Waals surface area (Å²) in [5, 5.41) is 9.04. The number of hydrogen-bond acceptors (Lipinski definition) is 3. The van der Waals surface area contributed by atoms with Crippen molar-refractivity contribution in [2.24, 2.45) is 11.8 Å². The molecule has 1 aliphatic carbocycles. The van der Waals surface area contributed by atoms with Crippen molar-refractivity contribution in [2.45, 2.75) is 20.0 Å². The summed E-state index contributed by atoms with van der Waals surface area (Å²) in [6.45, 7) is 3.12. The van der Waals surface area contributed by atoms with Crippen LogP contribution in [0.4, 0.5) is 0 Å². The third-order valence-electron chi connectivity index (χ3n) is 2.07. The molecule has 3 atom stereocenters. The highest BCUT2D eigenvalue weighted by Crippen LogP contribution is 2.23. The maximum atomic E-state index is 10.9. The van der Waals surface area contributed by atoms with Crippen LogP contribution in [0.25, 0.3) is 0 Å². The van der Waals surface area contributed by atoms with Gasteiger partial charge in [-0.1, -0.05) is 6.92 Å². The smallest absolute Gasteiger partial charge is 0.172 e. The highest BCUT2D eigenvalue weighted by atomic mass is 16.3. The van der Waals surface area contributed by atoms with Crippen molar-refractivity contribution in [1.82, 2.24) is 0 Å². The van der Waals surface area contributed by atoms with E-state index in [-0.39, 0.29) is 11.6 Å². The van der Waals surface area contributed by atoms with E-state index in [4.69, 9.17) is 5.11 Å². The van der Waals surface area contributed by atoms with E-state index >= 15 is 0 Å². The average molecular weight is 142 g/mol. The van der Waals surface area contributed by atoms with Gasteiger partial charge in [-0.05, 0) is 6.92 Å². The molecule has 0 aromatic carbocycles. The first-order valence-corrected chi connectivity index (χ1v) is 3.31. The van der Waals surface area contributed by atoms with E-state index in [1.54, 1.807) is 6.92 Å². The van der Waals surface area contributed by atoms with E-state index in [9.17, 15) is 9.59 Å². The molecule has 0 bridgehead atoms. The summed E-state index contributed by atoms with van der Waals surface area (Å²) in [7, 11) is 0. The predicted octanol–water partition coefficient (Wildman–Crippen LogP) is -0.229. The van der Waals surface area contributed by atoms with Gasteiger partial charge in [-0.25, -0.2) is 0 Å². The maximum absolute atomic E-state index is 10.9. The average Bonchev–Trinajstić information content (AvgIpc) is 2.07. The van der Waals surface area contributed by atoms with Gasteiger partial charge in [0.15, 0.2) is 5.78 Å². The maximum Gasteiger partial charge on any atom is 0.172 e. The lowest BCUT2D eigenvalue weighted by molar-refractivity contribution is -0.129. The van der Waals surface area contributed by atoms with Gasteiger partial charge in [0, 0.05) is 5.92 Å². The van der Waals surface area contributed by atoms with Crippen LogP contribution in [0.3, 0.4) is 0 Å². The van der Waals surface area contributed by atoms with E-state index in [1.165, 1.54) is 6.92 Å². The Morgan fingerprint density at radius 3 is 1.80 bits per heavy atom. The van der Waals surface area contributed by atoms with Crippen molar-refractivity contribution in [1.29, 1.82) is 0 Å². The van der Waals surface area contributed by atoms with E-state index < -0.39 is 17.9 Å². The molecule has 3 unspecified atom stereocenters. The van der Waals surface area contributed by atoms with Crippen molar-refractivity contribution in [2.75, 3.05) is 0 Å². The van der Waals surface area contributed by atoms with E-state index in [2.05, 4.69) is 0 Å². The number of Topliss-reactive ketones (excluding diaryl/α,β-unsaturated/α-hetero) is 2. The Kier molecular flexibility index (Phi) is 1.60. The monoisotopic (exact) mass is 142 g/mol. The number of rotatable bonds is 0. The van der Waals surface area contributed by atoms with Crippen molar-refractivity contribution in [3.8, 4) is 0 Å². The van der Waals surface area contributed by atoms with Crippen LogP contribution in [0, 0.1) is 11.8 Å². The number of aliphatic hydroxyl groups is 1. The zero-order chi connectivity index (χ0) is 7.89. The molecule has 3 nitrogen and oxygen atoms in total. The molecule has 0 aliphatic heterocycles. The predicted molar refractivity (Wildman–Crippen MR) is 34.3 cm³/mol. The first-order chi connectivity index (χ1) is 4.55. The molecular formula is C7H10O3. The molecule has 0 radical (unpaired) electrons. The zero-order valence-electron chi connectivity index (χ0n) is 6.00. The van der Waals surface area contributed by atoms with Crippen molar-refractivity contribution < 1.29 is 14.7 Å². The van der Waals surface area contributed by atoms with Crippen LogP contribution in [0.5, 0.6) is 0 Å². The standard InChI is InChI=1S/C7H10O3/c1-3-5(8)4(2)7(10)6(3)9/h3-4,6,9H,1-2H3. The largest absolute Gasteiger partial charge is 0.385 e. The van der Waals surface area contributed by atoms with Gasteiger partial charge in [-0.2, -0.15) is 0 Å². The Labute approximate surface area is 59.0 Å². The quantitative estimate of drug-likeness (QED) is 0.475. The van der Waals surface area contributed by atoms with E-state index in [0.717, 1.165) is 0 Å². The van der Waals surface area contributed by atoms with Gasteiger partial charge in [0.1, 0.15) is 11.9 Å². The SMILES string of the molecule is CC1C(=O)C(C)C(O)C1=O. The minimum Gasteiger partial charge on any atom is -0.385 e. The highest BCUT2D eigenvalue weighted by Gasteiger charge is 2.43. The number of aliphatic hydroxyl groups excluding tert-OH is 1. The Balaban J connectivity index is 2.89. The number of hydrogen-bond donors (Lipinski definition) is 1. The molecule has 56 valence electrons. The molecule has 0 saturated heterocycles. The molecule has 0 amide bonds. The van der Waals surface area contributed by atoms with Crippen molar-refractivity contribution >= 4 is 11.6 Å². The van der Waals surface area contributed by atoms with Gasteiger partial charge in [0.25, 0.3) is 0 Å². The fourth-order valence-corrected chi connectivity index (χ4v) is 1.19. The zero-order valence-corrected chi connectivity index (χ0v) is 6.00. The second-order valence-electron chi connectivity index (χ2n) is 2.76. The third kappa shape index (κ3) is 0.778. The minimum absolute atomic E-state index is 0.141. The van der Waals surface area contributed by atoms with Gasteiger partial charge >= 0.3 is 0 Å². The molecule has 1 rings (SSSR count). The Morgan fingerprint density at radius 2 is 1.70 bits per heavy atom. The van der Waals surface area contributed by atoms with Crippen LogP contribution in [-0.4, -0.2) is 22.8 Å². The summed E-state index contributed by atoms with van der Waals surface area (Å²) in [5.41, 5.74) is 0. The second-order valence-corrected chi connectivity index (χ2v) is 2.76. The van der Waals surface area contributed by atoms with E-state index in [1.807, 2.05) is 0 Å². The van der Waals surface area contributed by atoms with Gasteiger partial charge in [0.05, 0.1) is 5.92 Å². The molecule has 3 heteroatoms. The van der Waals surface area contributed by atoms with Crippen molar-refractivity contribution in [3.63, 3.8) is 0 Å². The summed E-state index contributed by atoms with van der Waals surface area (Å²) >= 11 is 0. The van der Waals surface area contributed by atoms with Gasteiger partial charge in [0.2, 0.25) is 0 Å². The number of carbonyl (C=O) groups is 2. The summed E-state index contributed by atoms with van der Waals surface area (Å²) in [4.78, 5) is 21.8. The van der Waals surface area contributed by atoms with Gasteiger partial charge < -0.3 is 5.11 Å². The molecule has 0 aromatic heterocycles. The van der Waals surface area contributed by atoms with Crippen LogP contribution in [0.2, 0.25) is 0 Å². The molecule has 10 heavy (non-hydrogen) atoms. The lowest BCUT2D eigenvalue weighted by Crippen LogP contribution is -2.20. The summed E-state index contributed by atoms with van der Waals surface area (Å²) in [6.07, 6.45) is -1.05. The second kappa shape index (κ2) is 2.16.